The molecule has 0 saturated heterocycles. The molecule has 0 N–H and O–H groups in total. The SMILES string of the molecule is CCc1nc(N(C)C)c2cc(CC)sc2n1. The second kappa shape index (κ2) is 4.37. The minimum absolute atomic E-state index is 0.885. The summed E-state index contributed by atoms with van der Waals surface area (Å²) in [7, 11) is 4.06. The van der Waals surface area contributed by atoms with E-state index in [9.17, 15) is 0 Å². The Hall–Kier alpha value is -1.16. The highest BCUT2D eigenvalue weighted by Crippen LogP contribution is 2.30. The molecule has 2 aromatic rings. The Bertz CT molecular complexity index is 502. The molecule has 3 nitrogen and oxygen atoms in total. The number of fused-ring (bicyclic) bond motifs is 1. The zero-order chi connectivity index (χ0) is 11.7. The monoisotopic (exact) mass is 235 g/mol. The van der Waals surface area contributed by atoms with Crippen molar-refractivity contribution in [2.24, 2.45) is 0 Å². The second-order valence-corrected chi connectivity index (χ2v) is 5.11. The molecule has 2 rings (SSSR count). The lowest BCUT2D eigenvalue weighted by Gasteiger charge is -2.12. The van der Waals surface area contributed by atoms with Gasteiger partial charge in [0.25, 0.3) is 0 Å². The average molecular weight is 235 g/mol. The van der Waals surface area contributed by atoms with Gasteiger partial charge in [-0.3, -0.25) is 0 Å². The maximum absolute atomic E-state index is 4.59. The molecule has 0 bridgehead atoms. The lowest BCUT2D eigenvalue weighted by atomic mass is 10.3. The Morgan fingerprint density at radius 3 is 2.50 bits per heavy atom. The van der Waals surface area contributed by atoms with Crippen molar-refractivity contribution in [2.45, 2.75) is 26.7 Å². The molecule has 0 amide bonds. The van der Waals surface area contributed by atoms with Crippen LogP contribution < -0.4 is 4.90 Å². The molecule has 0 atom stereocenters. The molecule has 0 spiro atoms. The van der Waals surface area contributed by atoms with Crippen LogP contribution in [-0.2, 0) is 12.8 Å². The summed E-state index contributed by atoms with van der Waals surface area (Å²) < 4.78 is 0. The normalized spacial score (nSPS) is 11.0. The summed E-state index contributed by atoms with van der Waals surface area (Å²) in [5.41, 5.74) is 0. The molecule has 0 aliphatic rings. The van der Waals surface area contributed by atoms with Crippen LogP contribution in [0.25, 0.3) is 10.2 Å². The summed E-state index contributed by atoms with van der Waals surface area (Å²) in [5, 5.41) is 1.18. The minimum atomic E-state index is 0.885. The Morgan fingerprint density at radius 2 is 1.94 bits per heavy atom. The Labute approximate surface area is 100 Å². The van der Waals surface area contributed by atoms with Gasteiger partial charge in [0.05, 0.1) is 5.39 Å². The summed E-state index contributed by atoms with van der Waals surface area (Å²) >= 11 is 1.78. The summed E-state index contributed by atoms with van der Waals surface area (Å²) in [4.78, 5) is 13.7. The van der Waals surface area contributed by atoms with Crippen molar-refractivity contribution in [3.05, 3.63) is 16.8 Å². The van der Waals surface area contributed by atoms with E-state index in [1.54, 1.807) is 11.3 Å². The van der Waals surface area contributed by atoms with E-state index in [1.807, 2.05) is 14.1 Å². The lowest BCUT2D eigenvalue weighted by molar-refractivity contribution is 0.941. The molecule has 0 aromatic carbocycles. The fourth-order valence-electron chi connectivity index (χ4n) is 1.67. The molecule has 0 aliphatic carbocycles. The topological polar surface area (TPSA) is 29.0 Å². The summed E-state index contributed by atoms with van der Waals surface area (Å²) in [6.07, 6.45) is 1.95. The van der Waals surface area contributed by atoms with Crippen molar-refractivity contribution >= 4 is 27.4 Å². The van der Waals surface area contributed by atoms with Gasteiger partial charge in [-0.15, -0.1) is 11.3 Å². The van der Waals surface area contributed by atoms with E-state index in [4.69, 9.17) is 0 Å². The Balaban J connectivity index is 2.69. The maximum atomic E-state index is 4.59. The highest BCUT2D eigenvalue weighted by molar-refractivity contribution is 7.18. The fraction of sp³-hybridized carbons (Fsp3) is 0.500. The van der Waals surface area contributed by atoms with Gasteiger partial charge in [0.15, 0.2) is 0 Å². The van der Waals surface area contributed by atoms with Gasteiger partial charge in [-0.2, -0.15) is 0 Å². The van der Waals surface area contributed by atoms with Gasteiger partial charge >= 0.3 is 0 Å². The van der Waals surface area contributed by atoms with Gasteiger partial charge < -0.3 is 4.90 Å². The molecule has 0 saturated carbocycles. The number of rotatable bonds is 3. The number of anilines is 1. The van der Waals surface area contributed by atoms with Gasteiger partial charge in [-0.05, 0) is 12.5 Å². The second-order valence-electron chi connectivity index (χ2n) is 4.00. The number of thiophene rings is 1. The van der Waals surface area contributed by atoms with E-state index in [0.717, 1.165) is 29.3 Å². The largest absolute Gasteiger partial charge is 0.362 e. The number of aromatic nitrogens is 2. The first-order valence-electron chi connectivity index (χ1n) is 5.62. The number of hydrogen-bond donors (Lipinski definition) is 0. The van der Waals surface area contributed by atoms with Gasteiger partial charge in [0.2, 0.25) is 0 Å². The molecule has 2 heterocycles. The van der Waals surface area contributed by atoms with Crippen LogP contribution in [0.3, 0.4) is 0 Å². The standard InChI is InChI=1S/C12H17N3S/c1-5-8-7-9-11(15(3)4)13-10(6-2)14-12(9)16-8/h7H,5-6H2,1-4H3. The van der Waals surface area contributed by atoms with Crippen molar-refractivity contribution in [3.63, 3.8) is 0 Å². The summed E-state index contributed by atoms with van der Waals surface area (Å²) in [5.74, 6) is 1.97. The molecule has 86 valence electrons. The van der Waals surface area contributed by atoms with Gasteiger partial charge in [-0.1, -0.05) is 13.8 Å². The van der Waals surface area contributed by atoms with Crippen LogP contribution in [0.4, 0.5) is 5.82 Å². The molecule has 0 unspecified atom stereocenters. The Morgan fingerprint density at radius 1 is 1.19 bits per heavy atom. The van der Waals surface area contributed by atoms with Crippen molar-refractivity contribution in [2.75, 3.05) is 19.0 Å². The maximum Gasteiger partial charge on any atom is 0.140 e. The highest BCUT2D eigenvalue weighted by Gasteiger charge is 2.11. The van der Waals surface area contributed by atoms with E-state index in [-0.39, 0.29) is 0 Å². The van der Waals surface area contributed by atoms with Crippen LogP contribution in [0.1, 0.15) is 24.5 Å². The lowest BCUT2D eigenvalue weighted by Crippen LogP contribution is -2.12. The third kappa shape index (κ3) is 1.89. The number of aryl methyl sites for hydroxylation is 2. The van der Waals surface area contributed by atoms with E-state index < -0.39 is 0 Å². The molecule has 0 fully saturated rings. The predicted molar refractivity (Wildman–Crippen MR) is 70.5 cm³/mol. The first kappa shape index (κ1) is 11.3. The molecular formula is C12H17N3S. The van der Waals surface area contributed by atoms with Crippen LogP contribution in [0.5, 0.6) is 0 Å². The molecule has 16 heavy (non-hydrogen) atoms. The summed E-state index contributed by atoms with van der Waals surface area (Å²) in [6.45, 7) is 4.27. The average Bonchev–Trinajstić information content (AvgIpc) is 2.69. The Kier molecular flexibility index (Phi) is 3.10. The van der Waals surface area contributed by atoms with Crippen LogP contribution in [0, 0.1) is 0 Å². The van der Waals surface area contributed by atoms with E-state index in [0.29, 0.717) is 0 Å². The van der Waals surface area contributed by atoms with Crippen LogP contribution in [0.2, 0.25) is 0 Å². The third-order valence-electron chi connectivity index (χ3n) is 2.56. The quantitative estimate of drug-likeness (QED) is 0.819. The summed E-state index contributed by atoms with van der Waals surface area (Å²) in [6, 6.07) is 2.22. The van der Waals surface area contributed by atoms with Crippen molar-refractivity contribution in [3.8, 4) is 0 Å². The zero-order valence-electron chi connectivity index (χ0n) is 10.2. The van der Waals surface area contributed by atoms with Crippen molar-refractivity contribution in [1.29, 1.82) is 0 Å². The van der Waals surface area contributed by atoms with E-state index in [2.05, 4.69) is 34.8 Å². The van der Waals surface area contributed by atoms with Crippen molar-refractivity contribution < 1.29 is 0 Å². The molecule has 0 aliphatic heterocycles. The van der Waals surface area contributed by atoms with Crippen LogP contribution in [-0.4, -0.2) is 24.1 Å². The predicted octanol–water partition coefficient (Wildman–Crippen LogP) is 2.88. The first-order chi connectivity index (χ1) is 7.65. The molecule has 2 aromatic heterocycles. The minimum Gasteiger partial charge on any atom is -0.362 e. The molecule has 4 heteroatoms. The first-order valence-corrected chi connectivity index (χ1v) is 6.44. The smallest absolute Gasteiger partial charge is 0.140 e. The van der Waals surface area contributed by atoms with Crippen LogP contribution in [0.15, 0.2) is 6.07 Å². The van der Waals surface area contributed by atoms with Crippen molar-refractivity contribution in [1.82, 2.24) is 9.97 Å². The fourth-order valence-corrected chi connectivity index (χ4v) is 2.65. The highest BCUT2D eigenvalue weighted by atomic mass is 32.1. The van der Waals surface area contributed by atoms with Gasteiger partial charge in [0, 0.05) is 25.4 Å². The van der Waals surface area contributed by atoms with E-state index in [1.165, 1.54) is 10.3 Å². The number of hydrogen-bond acceptors (Lipinski definition) is 4. The van der Waals surface area contributed by atoms with Gasteiger partial charge in [-0.25, -0.2) is 9.97 Å². The molecule has 0 radical (unpaired) electrons. The molecular weight excluding hydrogens is 218 g/mol. The number of nitrogens with zero attached hydrogens (tertiary/aromatic N) is 3. The van der Waals surface area contributed by atoms with Gasteiger partial charge in [0.1, 0.15) is 16.5 Å². The van der Waals surface area contributed by atoms with E-state index >= 15 is 0 Å². The zero-order valence-corrected chi connectivity index (χ0v) is 11.1. The third-order valence-corrected chi connectivity index (χ3v) is 3.73. The van der Waals surface area contributed by atoms with Crippen LogP contribution >= 0.6 is 11.3 Å².